The summed E-state index contributed by atoms with van der Waals surface area (Å²) in [7, 11) is 3.07. The third-order valence-corrected chi connectivity index (χ3v) is 5.37. The van der Waals surface area contributed by atoms with Crippen molar-refractivity contribution in [3.05, 3.63) is 53.1 Å². The van der Waals surface area contributed by atoms with Crippen molar-refractivity contribution in [2.75, 3.05) is 20.8 Å². The van der Waals surface area contributed by atoms with E-state index in [1.165, 1.54) is 19.1 Å². The molecule has 0 saturated heterocycles. The van der Waals surface area contributed by atoms with E-state index in [2.05, 4.69) is 5.32 Å². The van der Waals surface area contributed by atoms with E-state index in [-0.39, 0.29) is 31.0 Å². The maximum Gasteiger partial charge on any atom is 0.261 e. The van der Waals surface area contributed by atoms with Gasteiger partial charge in [-0.15, -0.1) is 0 Å². The Labute approximate surface area is 194 Å². The van der Waals surface area contributed by atoms with E-state index in [4.69, 9.17) is 25.8 Å². The molecule has 32 heavy (non-hydrogen) atoms. The summed E-state index contributed by atoms with van der Waals surface area (Å²) in [5, 5.41) is 3.54. The van der Waals surface area contributed by atoms with Crippen molar-refractivity contribution < 1.29 is 23.8 Å². The molecule has 0 aromatic heterocycles. The molecule has 0 heterocycles. The van der Waals surface area contributed by atoms with Gasteiger partial charge in [-0.1, -0.05) is 30.7 Å². The first-order valence-corrected chi connectivity index (χ1v) is 10.8. The van der Waals surface area contributed by atoms with E-state index in [0.717, 1.165) is 12.0 Å². The number of amides is 2. The van der Waals surface area contributed by atoms with Crippen LogP contribution in [0.25, 0.3) is 0 Å². The van der Waals surface area contributed by atoms with Crippen molar-refractivity contribution in [2.45, 2.75) is 45.8 Å². The zero-order chi connectivity index (χ0) is 23.7. The molecular weight excluding hydrogens is 432 g/mol. The fourth-order valence-electron chi connectivity index (χ4n) is 2.93. The Balaban J connectivity index is 2.18. The highest BCUT2D eigenvalue weighted by atomic mass is 35.5. The number of nitrogens with zero attached hydrogens (tertiary/aromatic N) is 1. The van der Waals surface area contributed by atoms with Crippen LogP contribution in [0.15, 0.2) is 42.5 Å². The highest BCUT2D eigenvalue weighted by Crippen LogP contribution is 2.27. The second-order valence-electron chi connectivity index (χ2n) is 7.48. The molecule has 2 aromatic rings. The molecule has 0 spiro atoms. The summed E-state index contributed by atoms with van der Waals surface area (Å²) in [6.45, 7) is 5.62. The van der Waals surface area contributed by atoms with Crippen molar-refractivity contribution >= 4 is 23.4 Å². The smallest absolute Gasteiger partial charge is 0.261 e. The van der Waals surface area contributed by atoms with Gasteiger partial charge in [-0.25, -0.2) is 0 Å². The van der Waals surface area contributed by atoms with Gasteiger partial charge in [0, 0.05) is 35.8 Å². The molecule has 0 aliphatic carbocycles. The van der Waals surface area contributed by atoms with E-state index >= 15 is 0 Å². The highest BCUT2D eigenvalue weighted by Gasteiger charge is 2.27. The molecule has 0 aliphatic rings. The second-order valence-corrected chi connectivity index (χ2v) is 7.92. The van der Waals surface area contributed by atoms with Crippen molar-refractivity contribution in [2.24, 2.45) is 0 Å². The Morgan fingerprint density at radius 3 is 2.09 bits per heavy atom. The molecule has 7 nitrogen and oxygen atoms in total. The first-order valence-electron chi connectivity index (χ1n) is 10.5. The molecule has 1 N–H and O–H groups in total. The molecule has 0 saturated carbocycles. The number of methoxy groups -OCH3 is 2. The highest BCUT2D eigenvalue weighted by molar-refractivity contribution is 6.30. The lowest BCUT2D eigenvalue weighted by molar-refractivity contribution is -0.142. The van der Waals surface area contributed by atoms with Crippen LogP contribution in [-0.4, -0.2) is 49.6 Å². The van der Waals surface area contributed by atoms with E-state index < -0.39 is 6.04 Å². The van der Waals surface area contributed by atoms with Gasteiger partial charge in [0.25, 0.3) is 5.91 Å². The van der Waals surface area contributed by atoms with Crippen LogP contribution >= 0.6 is 11.6 Å². The molecule has 0 bridgehead atoms. The lowest BCUT2D eigenvalue weighted by atomic mass is 10.1. The van der Waals surface area contributed by atoms with Crippen LogP contribution in [0.3, 0.4) is 0 Å². The Kier molecular flexibility index (Phi) is 9.65. The summed E-state index contributed by atoms with van der Waals surface area (Å²) < 4.78 is 16.2. The number of hydrogen-bond donors (Lipinski definition) is 1. The molecule has 2 rings (SSSR count). The van der Waals surface area contributed by atoms with Crippen molar-refractivity contribution in [1.29, 1.82) is 0 Å². The van der Waals surface area contributed by atoms with Crippen LogP contribution in [0.2, 0.25) is 5.02 Å². The number of ether oxygens (including phenoxy) is 3. The predicted molar refractivity (Wildman–Crippen MR) is 124 cm³/mol. The number of benzene rings is 2. The van der Waals surface area contributed by atoms with E-state index in [0.29, 0.717) is 22.3 Å². The molecule has 2 atom stereocenters. The Hall–Kier alpha value is -2.93. The quantitative estimate of drug-likeness (QED) is 0.544. The van der Waals surface area contributed by atoms with Crippen LogP contribution in [0.4, 0.5) is 0 Å². The average molecular weight is 463 g/mol. The third kappa shape index (κ3) is 7.34. The van der Waals surface area contributed by atoms with Gasteiger partial charge in [0.1, 0.15) is 23.3 Å². The first-order chi connectivity index (χ1) is 15.3. The average Bonchev–Trinajstić information content (AvgIpc) is 2.81. The van der Waals surface area contributed by atoms with Crippen LogP contribution < -0.4 is 19.5 Å². The number of rotatable bonds is 11. The summed E-state index contributed by atoms with van der Waals surface area (Å²) in [6.07, 6.45) is 0.796. The van der Waals surface area contributed by atoms with Gasteiger partial charge in [0.2, 0.25) is 5.91 Å². The summed E-state index contributed by atoms with van der Waals surface area (Å²) in [5.74, 6) is 0.980. The number of carbonyl (C=O) groups is 2. The SMILES string of the molecule is CC[C@@H](C)NC(=O)[C@@H](C)N(Cc1ccc(Cl)cc1)C(=O)COc1cc(OC)cc(OC)c1. The van der Waals surface area contributed by atoms with Gasteiger partial charge in [-0.2, -0.15) is 0 Å². The molecule has 2 amide bonds. The fourth-order valence-corrected chi connectivity index (χ4v) is 3.05. The predicted octanol–water partition coefficient (Wildman–Crippen LogP) is 4.07. The maximum absolute atomic E-state index is 13.1. The van der Waals surface area contributed by atoms with E-state index in [1.807, 2.05) is 26.0 Å². The Bertz CT molecular complexity index is 882. The third-order valence-electron chi connectivity index (χ3n) is 5.12. The van der Waals surface area contributed by atoms with Gasteiger partial charge in [0.15, 0.2) is 6.61 Å². The minimum absolute atomic E-state index is 0.0120. The molecule has 8 heteroatoms. The Morgan fingerprint density at radius 2 is 1.56 bits per heavy atom. The van der Waals surface area contributed by atoms with Crippen molar-refractivity contribution in [1.82, 2.24) is 10.2 Å². The molecular formula is C24H31ClN2O5. The molecule has 0 aliphatic heterocycles. The van der Waals surface area contributed by atoms with Crippen LogP contribution in [-0.2, 0) is 16.1 Å². The van der Waals surface area contributed by atoms with Gasteiger partial charge in [0.05, 0.1) is 14.2 Å². The monoisotopic (exact) mass is 462 g/mol. The van der Waals surface area contributed by atoms with Gasteiger partial charge in [-0.05, 0) is 38.0 Å². The number of halogens is 1. The fraction of sp³-hybridized carbons (Fsp3) is 0.417. The summed E-state index contributed by atoms with van der Waals surface area (Å²) in [4.78, 5) is 27.4. The van der Waals surface area contributed by atoms with E-state index in [1.54, 1.807) is 37.3 Å². The molecule has 0 fully saturated rings. The summed E-state index contributed by atoms with van der Waals surface area (Å²) >= 11 is 5.98. The molecule has 2 aromatic carbocycles. The number of nitrogens with one attached hydrogen (secondary N) is 1. The molecule has 174 valence electrons. The molecule has 0 unspecified atom stereocenters. The largest absolute Gasteiger partial charge is 0.496 e. The molecule has 0 radical (unpaired) electrons. The standard InChI is InChI=1S/C24H31ClN2O5/c1-6-16(2)26-24(29)17(3)27(14-18-7-9-19(25)10-8-18)23(28)15-32-22-12-20(30-4)11-21(13-22)31-5/h7-13,16-17H,6,14-15H2,1-5H3,(H,26,29)/t16-,17-/m1/s1. The van der Waals surface area contributed by atoms with Crippen LogP contribution in [0, 0.1) is 0 Å². The lowest BCUT2D eigenvalue weighted by Gasteiger charge is -2.29. The normalized spacial score (nSPS) is 12.4. The van der Waals surface area contributed by atoms with Gasteiger partial charge in [-0.3, -0.25) is 9.59 Å². The van der Waals surface area contributed by atoms with Gasteiger partial charge < -0.3 is 24.4 Å². The maximum atomic E-state index is 13.1. The minimum atomic E-state index is -0.685. The number of hydrogen-bond acceptors (Lipinski definition) is 5. The number of carbonyl (C=O) groups excluding carboxylic acids is 2. The zero-order valence-electron chi connectivity index (χ0n) is 19.2. The van der Waals surface area contributed by atoms with Crippen molar-refractivity contribution in [3.8, 4) is 17.2 Å². The van der Waals surface area contributed by atoms with Crippen LogP contribution in [0.5, 0.6) is 17.2 Å². The second kappa shape index (κ2) is 12.2. The Morgan fingerprint density at radius 1 is 1.00 bits per heavy atom. The zero-order valence-corrected chi connectivity index (χ0v) is 19.9. The lowest BCUT2D eigenvalue weighted by Crippen LogP contribution is -2.50. The van der Waals surface area contributed by atoms with Gasteiger partial charge >= 0.3 is 0 Å². The van der Waals surface area contributed by atoms with E-state index in [9.17, 15) is 9.59 Å². The van der Waals surface area contributed by atoms with Crippen LogP contribution in [0.1, 0.15) is 32.8 Å². The van der Waals surface area contributed by atoms with Crippen molar-refractivity contribution in [3.63, 3.8) is 0 Å². The minimum Gasteiger partial charge on any atom is -0.496 e. The topological polar surface area (TPSA) is 77.1 Å². The summed E-state index contributed by atoms with van der Waals surface area (Å²) in [5.41, 5.74) is 0.856. The summed E-state index contributed by atoms with van der Waals surface area (Å²) in [6, 6.07) is 11.5. The first kappa shape index (κ1) is 25.3.